The average molecular weight is 392 g/mol. The largest absolute Gasteiger partial charge is 0.495 e. The Hall–Kier alpha value is -0.780. The summed E-state index contributed by atoms with van der Waals surface area (Å²) < 4.78 is 6.12. The smallest absolute Gasteiger partial charge is 0.224 e. The van der Waals surface area contributed by atoms with Crippen molar-refractivity contribution in [1.29, 1.82) is 0 Å². The first-order valence-corrected chi connectivity index (χ1v) is 8.23. The Kier molecular flexibility index (Phi) is 8.21. The van der Waals surface area contributed by atoms with Crippen LogP contribution in [-0.4, -0.2) is 26.1 Å². The fourth-order valence-electron chi connectivity index (χ4n) is 2.82. The molecule has 2 N–H and O–H groups in total. The van der Waals surface area contributed by atoms with Gasteiger partial charge in [-0.15, -0.1) is 12.4 Å². The maximum Gasteiger partial charge on any atom is 0.224 e. The highest BCUT2D eigenvalue weighted by Gasteiger charge is 2.22. The number of ether oxygens (including phenoxy) is 1. The quantitative estimate of drug-likeness (QED) is 0.801. The lowest BCUT2D eigenvalue weighted by atomic mass is 9.84. The number of hydrogen-bond acceptors (Lipinski definition) is 3. The molecule has 0 spiro atoms. The van der Waals surface area contributed by atoms with Crippen LogP contribution in [0.1, 0.15) is 26.2 Å². The van der Waals surface area contributed by atoms with Crippen LogP contribution in [0.2, 0.25) is 0 Å². The van der Waals surface area contributed by atoms with Gasteiger partial charge < -0.3 is 15.4 Å². The number of halogens is 2. The van der Waals surface area contributed by atoms with E-state index in [0.717, 1.165) is 29.0 Å². The van der Waals surface area contributed by atoms with Crippen molar-refractivity contribution < 1.29 is 9.53 Å². The minimum atomic E-state index is 0. The van der Waals surface area contributed by atoms with Gasteiger partial charge in [0.25, 0.3) is 0 Å². The summed E-state index contributed by atoms with van der Waals surface area (Å²) in [4.78, 5) is 12.2. The van der Waals surface area contributed by atoms with Gasteiger partial charge in [-0.1, -0.05) is 6.92 Å². The zero-order valence-electron chi connectivity index (χ0n) is 13.0. The molecule has 22 heavy (non-hydrogen) atoms. The Bertz CT molecular complexity index is 493. The third kappa shape index (κ3) is 5.45. The second-order valence-electron chi connectivity index (χ2n) is 5.67. The summed E-state index contributed by atoms with van der Waals surface area (Å²) in [7, 11) is 1.62. The topological polar surface area (TPSA) is 50.4 Å². The van der Waals surface area contributed by atoms with Gasteiger partial charge in [0.2, 0.25) is 5.91 Å². The number of carbonyl (C=O) groups excluding carboxylic acids is 1. The highest BCUT2D eigenvalue weighted by atomic mass is 79.9. The molecule has 1 unspecified atom stereocenters. The standard InChI is InChI=1S/C16H23BrN2O2.ClH/c1-11(12-5-7-18-8-6-12)9-16(20)19-13-3-4-14(17)15(10-13)21-2;/h3-4,10-12,18H,5-9H2,1-2H3,(H,19,20);1H. The number of anilines is 1. The van der Waals surface area contributed by atoms with Crippen LogP contribution in [0, 0.1) is 11.8 Å². The summed E-state index contributed by atoms with van der Waals surface area (Å²) in [6, 6.07) is 5.58. The molecular weight excluding hydrogens is 368 g/mol. The highest BCUT2D eigenvalue weighted by Crippen LogP contribution is 2.29. The van der Waals surface area contributed by atoms with Crippen LogP contribution in [0.4, 0.5) is 5.69 Å². The lowest BCUT2D eigenvalue weighted by Crippen LogP contribution is -2.32. The van der Waals surface area contributed by atoms with E-state index in [0.29, 0.717) is 18.3 Å². The van der Waals surface area contributed by atoms with E-state index < -0.39 is 0 Å². The number of amides is 1. The second-order valence-corrected chi connectivity index (χ2v) is 6.52. The van der Waals surface area contributed by atoms with Gasteiger partial charge in [0, 0.05) is 18.2 Å². The number of rotatable bonds is 5. The van der Waals surface area contributed by atoms with E-state index in [1.807, 2.05) is 18.2 Å². The summed E-state index contributed by atoms with van der Waals surface area (Å²) in [5.74, 6) is 1.87. The number of hydrogen-bond donors (Lipinski definition) is 2. The summed E-state index contributed by atoms with van der Waals surface area (Å²) in [5.41, 5.74) is 0.776. The van der Waals surface area contributed by atoms with Crippen LogP contribution in [0.5, 0.6) is 5.75 Å². The van der Waals surface area contributed by atoms with Crippen LogP contribution in [0.3, 0.4) is 0 Å². The van der Waals surface area contributed by atoms with Gasteiger partial charge in [-0.05, 0) is 65.8 Å². The van der Waals surface area contributed by atoms with Gasteiger partial charge in [-0.2, -0.15) is 0 Å². The number of carbonyl (C=O) groups is 1. The van der Waals surface area contributed by atoms with Gasteiger partial charge in [0.05, 0.1) is 11.6 Å². The SMILES string of the molecule is COc1cc(NC(=O)CC(C)C2CCNCC2)ccc1Br.Cl. The molecule has 1 heterocycles. The van der Waals surface area contributed by atoms with Crippen LogP contribution < -0.4 is 15.4 Å². The third-order valence-corrected chi connectivity index (χ3v) is 4.79. The van der Waals surface area contributed by atoms with Gasteiger partial charge in [-0.25, -0.2) is 0 Å². The number of benzene rings is 1. The van der Waals surface area contributed by atoms with E-state index >= 15 is 0 Å². The second kappa shape index (κ2) is 9.38. The Balaban J connectivity index is 0.00000242. The summed E-state index contributed by atoms with van der Waals surface area (Å²) in [6.07, 6.45) is 2.91. The predicted octanol–water partition coefficient (Wildman–Crippen LogP) is 3.84. The van der Waals surface area contributed by atoms with Crippen molar-refractivity contribution >= 4 is 39.9 Å². The normalized spacial score (nSPS) is 16.5. The lowest BCUT2D eigenvalue weighted by Gasteiger charge is -2.27. The monoisotopic (exact) mass is 390 g/mol. The molecule has 1 aromatic carbocycles. The minimum Gasteiger partial charge on any atom is -0.495 e. The van der Waals surface area contributed by atoms with Crippen molar-refractivity contribution in [3.63, 3.8) is 0 Å². The number of methoxy groups -OCH3 is 1. The first kappa shape index (κ1) is 19.3. The zero-order valence-corrected chi connectivity index (χ0v) is 15.4. The Labute approximate surface area is 146 Å². The molecule has 1 fully saturated rings. The first-order valence-electron chi connectivity index (χ1n) is 7.44. The van der Waals surface area contributed by atoms with Crippen LogP contribution >= 0.6 is 28.3 Å². The van der Waals surface area contributed by atoms with Crippen molar-refractivity contribution in [2.75, 3.05) is 25.5 Å². The molecule has 0 bridgehead atoms. The van der Waals surface area contributed by atoms with Crippen molar-refractivity contribution in [3.8, 4) is 5.75 Å². The van der Waals surface area contributed by atoms with E-state index in [2.05, 4.69) is 33.5 Å². The molecule has 6 heteroatoms. The maximum absolute atomic E-state index is 12.2. The van der Waals surface area contributed by atoms with E-state index in [1.54, 1.807) is 7.11 Å². The molecular formula is C16H24BrClN2O2. The molecule has 4 nitrogen and oxygen atoms in total. The minimum absolute atomic E-state index is 0. The fourth-order valence-corrected chi connectivity index (χ4v) is 3.23. The predicted molar refractivity (Wildman–Crippen MR) is 95.9 cm³/mol. The summed E-state index contributed by atoms with van der Waals surface area (Å²) in [5, 5.41) is 6.32. The molecule has 1 amide bonds. The van der Waals surface area contributed by atoms with Crippen molar-refractivity contribution in [2.24, 2.45) is 11.8 Å². The van der Waals surface area contributed by atoms with Gasteiger partial charge in [0.1, 0.15) is 5.75 Å². The molecule has 1 aliphatic heterocycles. The molecule has 0 saturated carbocycles. The summed E-state index contributed by atoms with van der Waals surface area (Å²) >= 11 is 3.41. The van der Waals surface area contributed by atoms with Gasteiger partial charge in [0.15, 0.2) is 0 Å². The van der Waals surface area contributed by atoms with Crippen molar-refractivity contribution in [1.82, 2.24) is 5.32 Å². The number of piperidine rings is 1. The Morgan fingerprint density at radius 2 is 2.14 bits per heavy atom. The molecule has 1 aromatic rings. The average Bonchev–Trinajstić information content (AvgIpc) is 2.50. The molecule has 0 radical (unpaired) electrons. The van der Waals surface area contributed by atoms with Crippen LogP contribution in [-0.2, 0) is 4.79 Å². The third-order valence-electron chi connectivity index (χ3n) is 4.13. The zero-order chi connectivity index (χ0) is 15.2. The van der Waals surface area contributed by atoms with Gasteiger partial charge >= 0.3 is 0 Å². The molecule has 124 valence electrons. The van der Waals surface area contributed by atoms with Crippen molar-refractivity contribution in [3.05, 3.63) is 22.7 Å². The first-order chi connectivity index (χ1) is 10.1. The van der Waals surface area contributed by atoms with E-state index in [4.69, 9.17) is 4.74 Å². The Morgan fingerprint density at radius 3 is 2.77 bits per heavy atom. The van der Waals surface area contributed by atoms with Crippen molar-refractivity contribution in [2.45, 2.75) is 26.2 Å². The molecule has 1 saturated heterocycles. The van der Waals surface area contributed by atoms with Gasteiger partial charge in [-0.3, -0.25) is 4.79 Å². The van der Waals surface area contributed by atoms with E-state index in [9.17, 15) is 4.79 Å². The highest BCUT2D eigenvalue weighted by molar-refractivity contribution is 9.10. The fraction of sp³-hybridized carbons (Fsp3) is 0.562. The maximum atomic E-state index is 12.2. The van der Waals surface area contributed by atoms with E-state index in [1.165, 1.54) is 12.8 Å². The van der Waals surface area contributed by atoms with Crippen LogP contribution in [0.15, 0.2) is 22.7 Å². The summed E-state index contributed by atoms with van der Waals surface area (Å²) in [6.45, 7) is 4.32. The van der Waals surface area contributed by atoms with Crippen LogP contribution in [0.25, 0.3) is 0 Å². The lowest BCUT2D eigenvalue weighted by molar-refractivity contribution is -0.117. The molecule has 1 atom stereocenters. The molecule has 1 aliphatic rings. The molecule has 2 rings (SSSR count). The number of nitrogens with one attached hydrogen (secondary N) is 2. The Morgan fingerprint density at radius 1 is 1.45 bits per heavy atom. The van der Waals surface area contributed by atoms with E-state index in [-0.39, 0.29) is 18.3 Å². The molecule has 0 aromatic heterocycles. The molecule has 0 aliphatic carbocycles.